The molecule has 0 saturated carbocycles. The largest absolute Gasteiger partial charge is 0.396 e. The zero-order valence-electron chi connectivity index (χ0n) is 12.1. The Labute approximate surface area is 127 Å². The Morgan fingerprint density at radius 1 is 0.905 bits per heavy atom. The molecular weight excluding hydrogens is 288 g/mol. The van der Waals surface area contributed by atoms with Crippen LogP contribution in [0.4, 0.5) is 0 Å². The van der Waals surface area contributed by atoms with E-state index < -0.39 is 11.9 Å². The molecule has 0 N–H and O–H groups in total. The fraction of sp³-hybridized carbons (Fsp3) is 0.250. The molecule has 0 atom stereocenters. The van der Waals surface area contributed by atoms with Crippen molar-refractivity contribution in [2.75, 3.05) is 0 Å². The highest BCUT2D eigenvalue weighted by Crippen LogP contribution is 2.29. The van der Waals surface area contributed by atoms with Gasteiger partial charge in [-0.05, 0) is 29.7 Å². The van der Waals surface area contributed by atoms with E-state index in [9.17, 15) is 9.59 Å². The van der Waals surface area contributed by atoms with Gasteiger partial charge in [0.1, 0.15) is 4.88 Å². The highest BCUT2D eigenvalue weighted by molar-refractivity contribution is 7.14. The molecule has 1 aromatic heterocycles. The van der Waals surface area contributed by atoms with Crippen molar-refractivity contribution in [2.45, 2.75) is 26.2 Å². The monoisotopic (exact) mass is 304 g/mol. The van der Waals surface area contributed by atoms with Crippen LogP contribution in [0, 0.1) is 0 Å². The minimum absolute atomic E-state index is 0.0378. The molecule has 0 saturated heterocycles. The predicted molar refractivity (Wildman–Crippen MR) is 80.3 cm³/mol. The van der Waals surface area contributed by atoms with Crippen molar-refractivity contribution >= 4 is 23.3 Å². The molecule has 0 radical (unpaired) electrons. The minimum atomic E-state index is -0.698. The summed E-state index contributed by atoms with van der Waals surface area (Å²) < 4.78 is 0. The second-order valence-electron chi connectivity index (χ2n) is 5.52. The van der Waals surface area contributed by atoms with Gasteiger partial charge in [-0.25, -0.2) is 19.4 Å². The number of rotatable bonds is 2. The molecule has 2 rings (SSSR count). The maximum Gasteiger partial charge on any atom is 0.396 e. The van der Waals surface area contributed by atoms with Crippen LogP contribution in [0.25, 0.3) is 0 Å². The van der Waals surface area contributed by atoms with Crippen LogP contribution in [0.5, 0.6) is 0 Å². The molecule has 0 spiro atoms. The normalized spacial score (nSPS) is 11.0. The molecule has 1 aromatic carbocycles. The average molecular weight is 304 g/mol. The smallest absolute Gasteiger partial charge is 0.242 e. The van der Waals surface area contributed by atoms with Gasteiger partial charge >= 0.3 is 11.9 Å². The predicted octanol–water partition coefficient (Wildman–Crippen LogP) is 3.97. The zero-order chi connectivity index (χ0) is 15.5. The highest BCUT2D eigenvalue weighted by atomic mass is 32.1. The van der Waals surface area contributed by atoms with Crippen molar-refractivity contribution < 1.29 is 19.4 Å². The Bertz CT molecular complexity index is 638. The summed E-state index contributed by atoms with van der Waals surface area (Å²) in [7, 11) is 0. The summed E-state index contributed by atoms with van der Waals surface area (Å²) in [6, 6.07) is 11.9. The number of benzene rings is 1. The van der Waals surface area contributed by atoms with Gasteiger partial charge < -0.3 is 0 Å². The third-order valence-electron chi connectivity index (χ3n) is 2.75. The fourth-order valence-corrected chi connectivity index (χ4v) is 2.52. The van der Waals surface area contributed by atoms with Crippen molar-refractivity contribution in [3.05, 3.63) is 57.8 Å². The van der Waals surface area contributed by atoms with Crippen LogP contribution >= 0.6 is 11.3 Å². The Kier molecular flexibility index (Phi) is 4.43. The average Bonchev–Trinajstić information content (AvgIpc) is 2.95. The molecule has 0 amide bonds. The van der Waals surface area contributed by atoms with Gasteiger partial charge in [-0.15, -0.1) is 11.3 Å². The molecule has 5 heteroatoms. The van der Waals surface area contributed by atoms with Crippen LogP contribution in [0.1, 0.15) is 45.7 Å². The second-order valence-corrected chi connectivity index (χ2v) is 6.61. The van der Waals surface area contributed by atoms with Crippen molar-refractivity contribution in [2.24, 2.45) is 0 Å². The molecule has 1 heterocycles. The SMILES string of the molecule is CC(C)(C)c1ccc(C(=O)OOC(=O)c2ccccc2)s1. The number of thiophene rings is 1. The molecule has 0 aliphatic heterocycles. The topological polar surface area (TPSA) is 52.6 Å². The third-order valence-corrected chi connectivity index (χ3v) is 4.24. The third kappa shape index (κ3) is 3.92. The van der Waals surface area contributed by atoms with Crippen LogP contribution in [0.15, 0.2) is 42.5 Å². The van der Waals surface area contributed by atoms with Crippen molar-refractivity contribution in [3.8, 4) is 0 Å². The lowest BCUT2D eigenvalue weighted by Gasteiger charge is -2.15. The quantitative estimate of drug-likeness (QED) is 0.622. The van der Waals surface area contributed by atoms with Gasteiger partial charge in [-0.1, -0.05) is 39.0 Å². The van der Waals surface area contributed by atoms with Gasteiger partial charge in [0.2, 0.25) is 0 Å². The van der Waals surface area contributed by atoms with E-state index in [2.05, 4.69) is 30.5 Å². The first-order chi connectivity index (χ1) is 9.88. The molecule has 4 nitrogen and oxygen atoms in total. The second kappa shape index (κ2) is 6.10. The Morgan fingerprint density at radius 2 is 1.52 bits per heavy atom. The first-order valence-electron chi connectivity index (χ1n) is 6.46. The number of hydrogen-bond acceptors (Lipinski definition) is 5. The Morgan fingerprint density at radius 3 is 2.10 bits per heavy atom. The standard InChI is InChI=1S/C16H16O4S/c1-16(2,3)13-10-9-12(21-13)15(18)20-19-14(17)11-7-5-4-6-8-11/h4-10H,1-3H3. The van der Waals surface area contributed by atoms with E-state index in [1.807, 2.05) is 6.07 Å². The van der Waals surface area contributed by atoms with Crippen LogP contribution in [-0.4, -0.2) is 11.9 Å². The van der Waals surface area contributed by atoms with E-state index in [0.717, 1.165) is 4.88 Å². The number of carbonyl (C=O) groups excluding carboxylic acids is 2. The van der Waals surface area contributed by atoms with Gasteiger partial charge in [0.15, 0.2) is 0 Å². The van der Waals surface area contributed by atoms with E-state index in [-0.39, 0.29) is 5.41 Å². The zero-order valence-corrected chi connectivity index (χ0v) is 12.9. The molecule has 0 aliphatic carbocycles. The molecule has 0 bridgehead atoms. The lowest BCUT2D eigenvalue weighted by Crippen LogP contribution is -2.11. The fourth-order valence-electron chi connectivity index (χ4n) is 1.59. The van der Waals surface area contributed by atoms with Crippen molar-refractivity contribution in [1.29, 1.82) is 0 Å². The first-order valence-corrected chi connectivity index (χ1v) is 7.28. The van der Waals surface area contributed by atoms with E-state index in [4.69, 9.17) is 0 Å². The molecule has 0 unspecified atom stereocenters. The Hall–Kier alpha value is -2.14. The first kappa shape index (κ1) is 15.3. The molecule has 110 valence electrons. The van der Waals surface area contributed by atoms with Gasteiger partial charge in [0, 0.05) is 4.88 Å². The van der Waals surface area contributed by atoms with Crippen LogP contribution < -0.4 is 0 Å². The Balaban J connectivity index is 1.96. The maximum atomic E-state index is 11.8. The van der Waals surface area contributed by atoms with E-state index >= 15 is 0 Å². The van der Waals surface area contributed by atoms with Gasteiger partial charge in [-0.3, -0.25) is 0 Å². The van der Waals surface area contributed by atoms with Crippen molar-refractivity contribution in [3.63, 3.8) is 0 Å². The summed E-state index contributed by atoms with van der Waals surface area (Å²) in [4.78, 5) is 34.1. The minimum Gasteiger partial charge on any atom is -0.242 e. The molecule has 2 aromatic rings. The van der Waals surface area contributed by atoms with E-state index in [1.165, 1.54) is 11.3 Å². The van der Waals surface area contributed by atoms with Crippen LogP contribution in [0.3, 0.4) is 0 Å². The summed E-state index contributed by atoms with van der Waals surface area (Å²) in [5.41, 5.74) is 0.288. The van der Waals surface area contributed by atoms with Gasteiger partial charge in [0.25, 0.3) is 0 Å². The molecule has 0 aliphatic rings. The summed E-state index contributed by atoms with van der Waals surface area (Å²) in [5, 5.41) is 0. The maximum absolute atomic E-state index is 11.8. The summed E-state index contributed by atoms with van der Waals surface area (Å²) in [5.74, 6) is -1.36. The molecule has 21 heavy (non-hydrogen) atoms. The lowest BCUT2D eigenvalue weighted by molar-refractivity contribution is -0.187. The molecule has 0 fully saturated rings. The van der Waals surface area contributed by atoms with Gasteiger partial charge in [0.05, 0.1) is 5.56 Å². The summed E-state index contributed by atoms with van der Waals surface area (Å²) >= 11 is 1.33. The summed E-state index contributed by atoms with van der Waals surface area (Å²) in [6.07, 6.45) is 0. The lowest BCUT2D eigenvalue weighted by atomic mass is 9.95. The van der Waals surface area contributed by atoms with Crippen LogP contribution in [-0.2, 0) is 15.2 Å². The number of hydrogen-bond donors (Lipinski definition) is 0. The van der Waals surface area contributed by atoms with Gasteiger partial charge in [-0.2, -0.15) is 0 Å². The van der Waals surface area contributed by atoms with Crippen molar-refractivity contribution in [1.82, 2.24) is 0 Å². The highest BCUT2D eigenvalue weighted by Gasteiger charge is 2.20. The number of carbonyl (C=O) groups is 2. The van der Waals surface area contributed by atoms with E-state index in [1.54, 1.807) is 36.4 Å². The molecular formula is C16H16O4S. The summed E-state index contributed by atoms with van der Waals surface area (Å²) in [6.45, 7) is 6.18. The van der Waals surface area contributed by atoms with Crippen LogP contribution in [0.2, 0.25) is 0 Å². The van der Waals surface area contributed by atoms with E-state index in [0.29, 0.717) is 10.4 Å².